The molecule has 0 unspecified atom stereocenters. The molecule has 0 atom stereocenters. The van der Waals surface area contributed by atoms with Crippen LogP contribution in [0.1, 0.15) is 44.7 Å². The molecule has 0 amide bonds. The van der Waals surface area contributed by atoms with Crippen LogP contribution in [-0.4, -0.2) is 43.5 Å². The Kier molecular flexibility index (Phi) is 7.54. The SMILES string of the molecule is CC[C@H]1CC[C@H](Nc2nc(Nc3cc(C)n[nH]3)c3sccc3n2)CC1.O=C(O)C(F)(F)F. The van der Waals surface area contributed by atoms with Gasteiger partial charge in [0.25, 0.3) is 0 Å². The van der Waals surface area contributed by atoms with Gasteiger partial charge in [-0.15, -0.1) is 11.3 Å². The molecule has 174 valence electrons. The van der Waals surface area contributed by atoms with Gasteiger partial charge in [-0.05, 0) is 50.0 Å². The Balaban J connectivity index is 0.000000360. The highest BCUT2D eigenvalue weighted by atomic mass is 32.1. The summed E-state index contributed by atoms with van der Waals surface area (Å²) in [5.41, 5.74) is 1.92. The number of aromatic nitrogens is 4. The predicted octanol–water partition coefficient (Wildman–Crippen LogP) is 5.48. The molecule has 32 heavy (non-hydrogen) atoms. The first-order valence-electron chi connectivity index (χ1n) is 10.3. The number of aliphatic carboxylic acids is 1. The van der Waals surface area contributed by atoms with Crippen molar-refractivity contribution in [1.29, 1.82) is 0 Å². The Morgan fingerprint density at radius 3 is 2.53 bits per heavy atom. The lowest BCUT2D eigenvalue weighted by Gasteiger charge is -2.28. The van der Waals surface area contributed by atoms with Gasteiger partial charge in [0.1, 0.15) is 5.82 Å². The summed E-state index contributed by atoms with van der Waals surface area (Å²) >= 11 is 1.65. The Hall–Kier alpha value is -2.89. The number of aryl methyl sites for hydroxylation is 1. The highest BCUT2D eigenvalue weighted by Crippen LogP contribution is 2.31. The van der Waals surface area contributed by atoms with E-state index in [-0.39, 0.29) is 0 Å². The van der Waals surface area contributed by atoms with E-state index in [1.54, 1.807) is 11.3 Å². The third kappa shape index (κ3) is 6.31. The van der Waals surface area contributed by atoms with Crippen LogP contribution in [0.3, 0.4) is 0 Å². The summed E-state index contributed by atoms with van der Waals surface area (Å²) in [6.07, 6.45) is 1.21. The van der Waals surface area contributed by atoms with Crippen molar-refractivity contribution in [3.8, 4) is 0 Å². The maximum Gasteiger partial charge on any atom is 0.490 e. The van der Waals surface area contributed by atoms with Crippen molar-refractivity contribution >= 4 is 45.1 Å². The van der Waals surface area contributed by atoms with Crippen LogP contribution >= 0.6 is 11.3 Å². The second-order valence-corrected chi connectivity index (χ2v) is 8.57. The van der Waals surface area contributed by atoms with Gasteiger partial charge in [0.05, 0.1) is 15.9 Å². The summed E-state index contributed by atoms with van der Waals surface area (Å²) in [6, 6.07) is 4.49. The number of fused-ring (bicyclic) bond motifs is 1. The molecule has 3 aromatic heterocycles. The van der Waals surface area contributed by atoms with E-state index in [4.69, 9.17) is 19.9 Å². The number of hydrogen-bond donors (Lipinski definition) is 4. The fourth-order valence-corrected chi connectivity index (χ4v) is 4.30. The van der Waals surface area contributed by atoms with Crippen LogP contribution in [0, 0.1) is 12.8 Å². The Morgan fingerprint density at radius 1 is 1.28 bits per heavy atom. The quantitative estimate of drug-likeness (QED) is 0.390. The van der Waals surface area contributed by atoms with Crippen molar-refractivity contribution in [2.45, 2.75) is 58.2 Å². The molecular weight excluding hydrogens is 445 g/mol. The van der Waals surface area contributed by atoms with Crippen LogP contribution in [0.4, 0.5) is 30.8 Å². The third-order valence-corrected chi connectivity index (χ3v) is 6.17. The van der Waals surface area contributed by atoms with E-state index in [1.165, 1.54) is 32.1 Å². The van der Waals surface area contributed by atoms with Gasteiger partial charge in [0.15, 0.2) is 5.82 Å². The van der Waals surface area contributed by atoms with E-state index in [9.17, 15) is 13.2 Å². The van der Waals surface area contributed by atoms with Gasteiger partial charge in [0, 0.05) is 12.1 Å². The summed E-state index contributed by atoms with van der Waals surface area (Å²) in [5.74, 6) is 0.518. The lowest BCUT2D eigenvalue weighted by Crippen LogP contribution is -2.26. The van der Waals surface area contributed by atoms with Crippen molar-refractivity contribution in [3.63, 3.8) is 0 Å². The van der Waals surface area contributed by atoms with Gasteiger partial charge < -0.3 is 15.7 Å². The van der Waals surface area contributed by atoms with Crippen LogP contribution in [-0.2, 0) is 4.79 Å². The summed E-state index contributed by atoms with van der Waals surface area (Å²) in [6.45, 7) is 4.25. The lowest BCUT2D eigenvalue weighted by atomic mass is 9.85. The van der Waals surface area contributed by atoms with E-state index in [2.05, 4.69) is 33.1 Å². The van der Waals surface area contributed by atoms with Gasteiger partial charge in [-0.3, -0.25) is 5.10 Å². The number of hydrogen-bond acceptors (Lipinski definition) is 7. The number of carboxylic acid groups (broad SMARTS) is 1. The summed E-state index contributed by atoms with van der Waals surface area (Å²) in [5, 5.41) is 23.2. The molecule has 1 saturated carbocycles. The van der Waals surface area contributed by atoms with E-state index in [0.29, 0.717) is 12.0 Å². The average molecular weight is 471 g/mol. The molecule has 3 heterocycles. The fourth-order valence-electron chi connectivity index (χ4n) is 3.52. The molecule has 1 aliphatic carbocycles. The molecule has 0 aliphatic heterocycles. The minimum Gasteiger partial charge on any atom is -0.475 e. The molecule has 0 radical (unpaired) electrons. The predicted molar refractivity (Wildman–Crippen MR) is 117 cm³/mol. The van der Waals surface area contributed by atoms with Crippen molar-refractivity contribution in [1.82, 2.24) is 20.2 Å². The zero-order valence-electron chi connectivity index (χ0n) is 17.7. The van der Waals surface area contributed by atoms with E-state index in [0.717, 1.165) is 33.5 Å². The molecule has 4 N–H and O–H groups in total. The Bertz CT molecular complexity index is 1040. The Labute approximate surface area is 186 Å². The molecule has 3 aromatic rings. The molecule has 4 rings (SSSR count). The molecule has 8 nitrogen and oxygen atoms in total. The second kappa shape index (κ2) is 10.2. The number of anilines is 3. The number of H-pyrrole nitrogens is 1. The smallest absolute Gasteiger partial charge is 0.475 e. The largest absolute Gasteiger partial charge is 0.490 e. The minimum atomic E-state index is -5.08. The number of nitrogens with zero attached hydrogens (tertiary/aromatic N) is 3. The van der Waals surface area contributed by atoms with E-state index < -0.39 is 12.1 Å². The average Bonchev–Trinajstić information content (AvgIpc) is 3.37. The zero-order valence-corrected chi connectivity index (χ0v) is 18.5. The second-order valence-electron chi connectivity index (χ2n) is 7.65. The standard InChI is InChI=1S/C18H24N6S.C2HF3O2/c1-3-12-4-6-13(7-5-12)19-18-20-14-8-9-25-16(14)17(22-18)21-15-10-11(2)23-24-15;3-2(4,5)1(6)7/h8-10,12-13H,3-7H2,1-2H3,(H3,19,20,21,22,23,24);(H,6,7)/t12-,13-;. The molecule has 12 heteroatoms. The number of nitrogens with one attached hydrogen (secondary N) is 3. The number of aromatic amines is 1. The van der Waals surface area contributed by atoms with E-state index in [1.807, 2.05) is 19.1 Å². The first kappa shape index (κ1) is 23.8. The van der Waals surface area contributed by atoms with Crippen LogP contribution in [0.15, 0.2) is 17.5 Å². The number of thiophene rings is 1. The highest BCUT2D eigenvalue weighted by Gasteiger charge is 2.38. The van der Waals surface area contributed by atoms with Gasteiger partial charge in [-0.25, -0.2) is 9.78 Å². The molecular formula is C20H25F3N6O2S. The van der Waals surface area contributed by atoms with Gasteiger partial charge in [0.2, 0.25) is 5.95 Å². The molecule has 0 aromatic carbocycles. The first-order chi connectivity index (χ1) is 15.2. The monoisotopic (exact) mass is 470 g/mol. The van der Waals surface area contributed by atoms with Crippen molar-refractivity contribution < 1.29 is 23.1 Å². The lowest BCUT2D eigenvalue weighted by molar-refractivity contribution is -0.192. The number of carbonyl (C=O) groups is 1. The molecule has 0 spiro atoms. The van der Waals surface area contributed by atoms with Crippen molar-refractivity contribution in [3.05, 3.63) is 23.2 Å². The van der Waals surface area contributed by atoms with Crippen molar-refractivity contribution in [2.24, 2.45) is 5.92 Å². The maximum absolute atomic E-state index is 10.6. The number of carboxylic acids is 1. The van der Waals surface area contributed by atoms with Crippen LogP contribution in [0.2, 0.25) is 0 Å². The minimum absolute atomic E-state index is 0.473. The highest BCUT2D eigenvalue weighted by molar-refractivity contribution is 7.17. The normalized spacial score (nSPS) is 18.7. The number of rotatable bonds is 5. The summed E-state index contributed by atoms with van der Waals surface area (Å²) in [7, 11) is 0. The first-order valence-corrected chi connectivity index (χ1v) is 11.1. The Morgan fingerprint density at radius 2 is 1.97 bits per heavy atom. The number of alkyl halides is 3. The topological polar surface area (TPSA) is 116 Å². The van der Waals surface area contributed by atoms with Crippen LogP contribution in [0.25, 0.3) is 10.2 Å². The molecule has 1 aliphatic rings. The fraction of sp³-hybridized carbons (Fsp3) is 0.500. The van der Waals surface area contributed by atoms with Crippen LogP contribution in [0.5, 0.6) is 0 Å². The van der Waals surface area contributed by atoms with Gasteiger partial charge in [-0.1, -0.05) is 13.3 Å². The maximum atomic E-state index is 10.6. The van der Waals surface area contributed by atoms with E-state index >= 15 is 0 Å². The van der Waals surface area contributed by atoms with Gasteiger partial charge in [-0.2, -0.15) is 23.3 Å². The zero-order chi connectivity index (χ0) is 23.3. The van der Waals surface area contributed by atoms with Crippen LogP contribution < -0.4 is 10.6 Å². The molecule has 0 saturated heterocycles. The summed E-state index contributed by atoms with van der Waals surface area (Å²) < 4.78 is 32.8. The molecule has 1 fully saturated rings. The van der Waals surface area contributed by atoms with Crippen molar-refractivity contribution in [2.75, 3.05) is 10.6 Å². The number of halogens is 3. The van der Waals surface area contributed by atoms with Gasteiger partial charge >= 0.3 is 12.1 Å². The molecule has 0 bridgehead atoms. The summed E-state index contributed by atoms with van der Waals surface area (Å²) in [4.78, 5) is 18.3. The third-order valence-electron chi connectivity index (χ3n) is 5.26.